The molecular weight excluding hydrogens is 328 g/mol. The maximum Gasteiger partial charge on any atom is 0.320 e. The maximum atomic E-state index is 12.1. The first-order valence-corrected chi connectivity index (χ1v) is 8.26. The van der Waals surface area contributed by atoms with Crippen molar-refractivity contribution in [2.75, 3.05) is 39.8 Å². The first kappa shape index (κ1) is 23.3. The lowest BCUT2D eigenvalue weighted by molar-refractivity contribution is -0.160. The van der Waals surface area contributed by atoms with E-state index in [1.807, 2.05) is 13.8 Å². The molecular formula is C17H32N2O6. The zero-order chi connectivity index (χ0) is 19.8. The highest BCUT2D eigenvalue weighted by Gasteiger charge is 2.29. The number of carbonyl (C=O) groups excluding carboxylic acids is 1. The lowest BCUT2D eigenvalue weighted by Crippen LogP contribution is -2.42. The van der Waals surface area contributed by atoms with Gasteiger partial charge in [-0.2, -0.15) is 0 Å². The van der Waals surface area contributed by atoms with Gasteiger partial charge in [-0.1, -0.05) is 20.8 Å². The van der Waals surface area contributed by atoms with Crippen LogP contribution in [0, 0.1) is 5.41 Å². The Hall–Kier alpha value is -1.67. The summed E-state index contributed by atoms with van der Waals surface area (Å²) in [5, 5.41) is 17.6. The van der Waals surface area contributed by atoms with Gasteiger partial charge in [-0.15, -0.1) is 0 Å². The molecule has 0 bridgehead atoms. The number of carboxylic acid groups (broad SMARTS) is 2. The van der Waals surface area contributed by atoms with Crippen LogP contribution < -0.4 is 0 Å². The third kappa shape index (κ3) is 13.3. The van der Waals surface area contributed by atoms with Gasteiger partial charge in [-0.25, -0.2) is 0 Å². The van der Waals surface area contributed by atoms with Crippen molar-refractivity contribution in [1.29, 1.82) is 0 Å². The second-order valence-corrected chi connectivity index (χ2v) is 8.21. The largest absolute Gasteiger partial charge is 0.480 e. The van der Waals surface area contributed by atoms with Gasteiger partial charge in [0.15, 0.2) is 0 Å². The third-order valence-corrected chi connectivity index (χ3v) is 3.26. The number of rotatable bonds is 11. The first-order valence-electron chi connectivity index (χ1n) is 8.26. The van der Waals surface area contributed by atoms with Gasteiger partial charge in [0, 0.05) is 13.1 Å². The molecule has 0 saturated heterocycles. The van der Waals surface area contributed by atoms with Crippen LogP contribution in [0.4, 0.5) is 0 Å². The molecule has 0 fully saturated rings. The van der Waals surface area contributed by atoms with Gasteiger partial charge < -0.3 is 14.9 Å². The fourth-order valence-electron chi connectivity index (χ4n) is 2.86. The summed E-state index contributed by atoms with van der Waals surface area (Å²) in [6, 6.07) is 0. The summed E-state index contributed by atoms with van der Waals surface area (Å²) in [4.78, 5) is 36.6. The normalized spacial score (nSPS) is 12.5. The van der Waals surface area contributed by atoms with Crippen LogP contribution in [-0.2, 0) is 19.1 Å². The number of ether oxygens (including phenoxy) is 1. The molecule has 0 aliphatic carbocycles. The molecule has 0 saturated carbocycles. The fourth-order valence-corrected chi connectivity index (χ4v) is 2.86. The van der Waals surface area contributed by atoms with Crippen LogP contribution in [0.2, 0.25) is 0 Å². The predicted molar refractivity (Wildman–Crippen MR) is 93.5 cm³/mol. The van der Waals surface area contributed by atoms with Crippen molar-refractivity contribution < 1.29 is 29.3 Å². The standard InChI is InChI=1S/C17H32N2O6/c1-16(2,3)12-17(4,5)25-15(24)11-18(6)7-8-19(9-13(20)21)10-14(22)23/h7-12H2,1-6H3,(H,20,21)(H,22,23). The Labute approximate surface area is 149 Å². The van der Waals surface area contributed by atoms with Gasteiger partial charge in [0.05, 0.1) is 19.6 Å². The molecule has 146 valence electrons. The summed E-state index contributed by atoms with van der Waals surface area (Å²) in [7, 11) is 1.71. The van der Waals surface area contributed by atoms with Crippen LogP contribution >= 0.6 is 0 Å². The van der Waals surface area contributed by atoms with Crippen molar-refractivity contribution in [3.63, 3.8) is 0 Å². The van der Waals surface area contributed by atoms with Crippen molar-refractivity contribution in [1.82, 2.24) is 9.80 Å². The molecule has 25 heavy (non-hydrogen) atoms. The van der Waals surface area contributed by atoms with E-state index in [0.717, 1.165) is 6.42 Å². The van der Waals surface area contributed by atoms with Crippen LogP contribution in [-0.4, -0.2) is 83.3 Å². The van der Waals surface area contributed by atoms with E-state index in [4.69, 9.17) is 14.9 Å². The van der Waals surface area contributed by atoms with E-state index < -0.39 is 17.5 Å². The summed E-state index contributed by atoms with van der Waals surface area (Å²) < 4.78 is 5.54. The van der Waals surface area contributed by atoms with Gasteiger partial charge in [0.1, 0.15) is 5.60 Å². The highest BCUT2D eigenvalue weighted by Crippen LogP contribution is 2.29. The Morgan fingerprint density at radius 2 is 1.36 bits per heavy atom. The quantitative estimate of drug-likeness (QED) is 0.528. The predicted octanol–water partition coefficient (Wildman–Crippen LogP) is 1.15. The van der Waals surface area contributed by atoms with Gasteiger partial charge in [0.25, 0.3) is 0 Å². The average Bonchev–Trinajstić information content (AvgIpc) is 2.30. The van der Waals surface area contributed by atoms with Crippen molar-refractivity contribution in [2.45, 2.75) is 46.6 Å². The van der Waals surface area contributed by atoms with E-state index in [9.17, 15) is 14.4 Å². The van der Waals surface area contributed by atoms with E-state index in [0.29, 0.717) is 6.54 Å². The highest BCUT2D eigenvalue weighted by atomic mass is 16.6. The molecule has 0 amide bonds. The Bertz CT molecular complexity index is 454. The van der Waals surface area contributed by atoms with Crippen LogP contribution in [0.5, 0.6) is 0 Å². The minimum absolute atomic E-state index is 0.0316. The number of hydrogen-bond donors (Lipinski definition) is 2. The molecule has 0 aromatic rings. The van der Waals surface area contributed by atoms with Crippen molar-refractivity contribution >= 4 is 17.9 Å². The third-order valence-electron chi connectivity index (χ3n) is 3.26. The molecule has 0 unspecified atom stereocenters. The van der Waals surface area contributed by atoms with Crippen molar-refractivity contribution in [3.05, 3.63) is 0 Å². The fraction of sp³-hybridized carbons (Fsp3) is 0.824. The molecule has 0 spiro atoms. The lowest BCUT2D eigenvalue weighted by Gasteiger charge is -2.32. The average molecular weight is 360 g/mol. The number of nitrogens with zero attached hydrogens (tertiary/aromatic N) is 2. The van der Waals surface area contributed by atoms with Crippen molar-refractivity contribution in [2.24, 2.45) is 5.41 Å². The molecule has 8 heteroatoms. The molecule has 0 atom stereocenters. The number of likely N-dealkylation sites (N-methyl/N-ethyl adjacent to an activating group) is 1. The number of esters is 1. The molecule has 0 aliphatic rings. The van der Waals surface area contributed by atoms with E-state index >= 15 is 0 Å². The minimum atomic E-state index is -1.09. The number of carboxylic acids is 2. The molecule has 0 aromatic heterocycles. The van der Waals surface area contributed by atoms with Crippen LogP contribution in [0.25, 0.3) is 0 Å². The topological polar surface area (TPSA) is 107 Å². The lowest BCUT2D eigenvalue weighted by atomic mass is 9.84. The summed E-state index contributed by atoms with van der Waals surface area (Å²) >= 11 is 0. The second kappa shape index (κ2) is 9.72. The summed E-state index contributed by atoms with van der Waals surface area (Å²) in [5.41, 5.74) is -0.543. The van der Waals surface area contributed by atoms with Gasteiger partial charge in [0.2, 0.25) is 0 Å². The Kier molecular flexibility index (Phi) is 9.07. The molecule has 0 rings (SSSR count). The maximum absolute atomic E-state index is 12.1. The van der Waals surface area contributed by atoms with Crippen LogP contribution in [0.3, 0.4) is 0 Å². The summed E-state index contributed by atoms with van der Waals surface area (Å²) in [5.74, 6) is -2.54. The van der Waals surface area contributed by atoms with E-state index in [2.05, 4.69) is 20.8 Å². The molecule has 0 aliphatic heterocycles. The molecule has 0 radical (unpaired) electrons. The van der Waals surface area contributed by atoms with Gasteiger partial charge in [-0.3, -0.25) is 24.2 Å². The molecule has 0 aromatic carbocycles. The molecule has 0 heterocycles. The smallest absolute Gasteiger partial charge is 0.320 e. The Morgan fingerprint density at radius 1 is 0.880 bits per heavy atom. The SMILES string of the molecule is CN(CCN(CC(=O)O)CC(=O)O)CC(=O)OC(C)(C)CC(C)(C)C. The Balaban J connectivity index is 4.43. The van der Waals surface area contributed by atoms with E-state index in [1.165, 1.54) is 4.90 Å². The van der Waals surface area contributed by atoms with E-state index in [1.54, 1.807) is 11.9 Å². The first-order chi connectivity index (χ1) is 11.2. The minimum Gasteiger partial charge on any atom is -0.480 e. The molecule has 8 nitrogen and oxygen atoms in total. The number of hydrogen-bond acceptors (Lipinski definition) is 6. The van der Waals surface area contributed by atoms with E-state index in [-0.39, 0.29) is 37.6 Å². The van der Waals surface area contributed by atoms with Crippen LogP contribution in [0.1, 0.15) is 41.0 Å². The zero-order valence-corrected chi connectivity index (χ0v) is 16.2. The summed E-state index contributed by atoms with van der Waals surface area (Å²) in [6.45, 7) is 9.91. The van der Waals surface area contributed by atoms with Gasteiger partial charge in [-0.05, 0) is 32.7 Å². The van der Waals surface area contributed by atoms with Gasteiger partial charge >= 0.3 is 17.9 Å². The number of carbonyl (C=O) groups is 3. The second-order valence-electron chi connectivity index (χ2n) is 8.21. The summed E-state index contributed by atoms with van der Waals surface area (Å²) in [6.07, 6.45) is 0.723. The van der Waals surface area contributed by atoms with Crippen LogP contribution in [0.15, 0.2) is 0 Å². The zero-order valence-electron chi connectivity index (χ0n) is 16.2. The highest BCUT2D eigenvalue weighted by molar-refractivity contribution is 5.73. The number of aliphatic carboxylic acids is 2. The Morgan fingerprint density at radius 3 is 1.76 bits per heavy atom. The monoisotopic (exact) mass is 360 g/mol. The van der Waals surface area contributed by atoms with Crippen molar-refractivity contribution in [3.8, 4) is 0 Å². The molecule has 2 N–H and O–H groups in total.